The van der Waals surface area contributed by atoms with Crippen molar-refractivity contribution in [3.8, 4) is 0 Å². The van der Waals surface area contributed by atoms with Gasteiger partial charge in [-0.2, -0.15) is 0 Å². The van der Waals surface area contributed by atoms with Gasteiger partial charge in [0.05, 0.1) is 5.69 Å². The Labute approximate surface area is 126 Å². The van der Waals surface area contributed by atoms with Crippen molar-refractivity contribution in [2.45, 2.75) is 13.8 Å². The Morgan fingerprint density at radius 3 is 2.53 bits per heavy atom. The minimum Gasteiger partial charge on any atom is -0.398 e. The van der Waals surface area contributed by atoms with Gasteiger partial charge in [-0.25, -0.2) is 0 Å². The smallest absolute Gasteiger partial charge is 0.256 e. The summed E-state index contributed by atoms with van der Waals surface area (Å²) < 4.78 is 1.01. The Morgan fingerprint density at radius 2 is 1.84 bits per heavy atom. The molecule has 98 valence electrons. The van der Waals surface area contributed by atoms with E-state index in [4.69, 9.17) is 5.73 Å². The number of aryl methyl sites for hydroxylation is 2. The number of carbonyl (C=O) groups excluding carboxylic acids is 1. The fourth-order valence-electron chi connectivity index (χ4n) is 1.87. The molecule has 0 aromatic heterocycles. The Bertz CT molecular complexity index is 638. The number of halogens is 1. The summed E-state index contributed by atoms with van der Waals surface area (Å²) in [6, 6.07) is 11.3. The van der Waals surface area contributed by atoms with E-state index in [-0.39, 0.29) is 5.91 Å². The highest BCUT2D eigenvalue weighted by Gasteiger charge is 2.12. The molecule has 0 aliphatic carbocycles. The number of rotatable bonds is 2. The molecule has 0 bridgehead atoms. The van der Waals surface area contributed by atoms with Crippen LogP contribution >= 0.6 is 22.6 Å². The molecule has 2 aromatic carbocycles. The third-order valence-electron chi connectivity index (χ3n) is 2.98. The third kappa shape index (κ3) is 3.07. The first-order valence-corrected chi connectivity index (χ1v) is 6.99. The maximum Gasteiger partial charge on any atom is 0.256 e. The quantitative estimate of drug-likeness (QED) is 0.629. The largest absolute Gasteiger partial charge is 0.398 e. The number of anilines is 2. The van der Waals surface area contributed by atoms with Gasteiger partial charge in [-0.15, -0.1) is 0 Å². The van der Waals surface area contributed by atoms with Gasteiger partial charge in [0.2, 0.25) is 0 Å². The van der Waals surface area contributed by atoms with Gasteiger partial charge in [-0.05, 0) is 65.8 Å². The molecule has 2 rings (SSSR count). The van der Waals surface area contributed by atoms with Gasteiger partial charge in [0.1, 0.15) is 0 Å². The van der Waals surface area contributed by atoms with Crippen molar-refractivity contribution in [2.75, 3.05) is 11.1 Å². The summed E-state index contributed by atoms with van der Waals surface area (Å²) in [7, 11) is 0. The standard InChI is InChI=1S/C15H15IN2O/c1-9-7-10(2)13(17)8-11(9)15(19)18-14-6-4-3-5-12(14)16/h3-8H,17H2,1-2H3,(H,18,19). The van der Waals surface area contributed by atoms with E-state index in [9.17, 15) is 4.79 Å². The number of nitrogen functional groups attached to an aromatic ring is 1. The van der Waals surface area contributed by atoms with Crippen LogP contribution < -0.4 is 11.1 Å². The van der Waals surface area contributed by atoms with Crippen LogP contribution in [0, 0.1) is 17.4 Å². The van der Waals surface area contributed by atoms with Crippen LogP contribution in [-0.4, -0.2) is 5.91 Å². The van der Waals surface area contributed by atoms with E-state index >= 15 is 0 Å². The van der Waals surface area contributed by atoms with Gasteiger partial charge in [0.15, 0.2) is 0 Å². The molecular formula is C15H15IN2O. The summed E-state index contributed by atoms with van der Waals surface area (Å²) in [4.78, 5) is 12.3. The third-order valence-corrected chi connectivity index (χ3v) is 3.92. The number of para-hydroxylation sites is 1. The molecule has 4 heteroatoms. The molecule has 2 aromatic rings. The first-order valence-electron chi connectivity index (χ1n) is 5.91. The molecule has 0 heterocycles. The lowest BCUT2D eigenvalue weighted by atomic mass is 10.0. The van der Waals surface area contributed by atoms with E-state index in [1.54, 1.807) is 6.07 Å². The zero-order chi connectivity index (χ0) is 14.0. The lowest BCUT2D eigenvalue weighted by molar-refractivity contribution is 0.102. The zero-order valence-corrected chi connectivity index (χ0v) is 13.0. The van der Waals surface area contributed by atoms with Crippen LogP contribution in [0.5, 0.6) is 0 Å². The van der Waals surface area contributed by atoms with Gasteiger partial charge < -0.3 is 11.1 Å². The van der Waals surface area contributed by atoms with E-state index in [1.807, 2.05) is 44.2 Å². The second-order valence-corrected chi connectivity index (χ2v) is 5.62. The van der Waals surface area contributed by atoms with Crippen molar-refractivity contribution in [3.63, 3.8) is 0 Å². The van der Waals surface area contributed by atoms with E-state index in [0.29, 0.717) is 11.3 Å². The summed E-state index contributed by atoms with van der Waals surface area (Å²) in [5.74, 6) is -0.131. The molecule has 0 saturated carbocycles. The predicted molar refractivity (Wildman–Crippen MR) is 87.4 cm³/mol. The molecule has 19 heavy (non-hydrogen) atoms. The van der Waals surface area contributed by atoms with Crippen LogP contribution in [-0.2, 0) is 0 Å². The summed E-state index contributed by atoms with van der Waals surface area (Å²) in [6.45, 7) is 3.85. The first kappa shape index (κ1) is 13.9. The monoisotopic (exact) mass is 366 g/mol. The summed E-state index contributed by atoms with van der Waals surface area (Å²) in [5.41, 5.74) is 9.85. The molecule has 0 spiro atoms. The topological polar surface area (TPSA) is 55.1 Å². The summed E-state index contributed by atoms with van der Waals surface area (Å²) >= 11 is 2.19. The van der Waals surface area contributed by atoms with Crippen molar-refractivity contribution in [3.05, 3.63) is 56.7 Å². The Hall–Kier alpha value is -1.56. The normalized spacial score (nSPS) is 10.3. The molecule has 0 saturated heterocycles. The molecule has 0 atom stereocenters. The van der Waals surface area contributed by atoms with Gasteiger partial charge >= 0.3 is 0 Å². The summed E-state index contributed by atoms with van der Waals surface area (Å²) in [6.07, 6.45) is 0. The van der Waals surface area contributed by atoms with Crippen molar-refractivity contribution < 1.29 is 4.79 Å². The number of nitrogens with two attached hydrogens (primary N) is 1. The number of carbonyl (C=O) groups is 1. The van der Waals surface area contributed by atoms with E-state index in [0.717, 1.165) is 20.4 Å². The molecule has 0 fully saturated rings. The van der Waals surface area contributed by atoms with Crippen LogP contribution in [0.25, 0.3) is 0 Å². The van der Waals surface area contributed by atoms with E-state index in [2.05, 4.69) is 27.9 Å². The Kier molecular flexibility index (Phi) is 4.09. The maximum absolute atomic E-state index is 12.3. The van der Waals surface area contributed by atoms with Gasteiger partial charge in [0, 0.05) is 14.8 Å². The van der Waals surface area contributed by atoms with Crippen molar-refractivity contribution in [1.82, 2.24) is 0 Å². The molecule has 0 aliphatic rings. The molecule has 0 unspecified atom stereocenters. The number of hydrogen-bond donors (Lipinski definition) is 2. The highest BCUT2D eigenvalue weighted by Crippen LogP contribution is 2.21. The second kappa shape index (κ2) is 5.61. The van der Waals surface area contributed by atoms with Gasteiger partial charge in [-0.1, -0.05) is 18.2 Å². The highest BCUT2D eigenvalue weighted by atomic mass is 127. The average molecular weight is 366 g/mol. The SMILES string of the molecule is Cc1cc(C)c(C(=O)Nc2ccccc2I)cc1N. The number of nitrogens with one attached hydrogen (secondary N) is 1. The molecule has 0 aliphatic heterocycles. The van der Waals surface area contributed by atoms with Crippen LogP contribution in [0.3, 0.4) is 0 Å². The summed E-state index contributed by atoms with van der Waals surface area (Å²) in [5, 5.41) is 2.91. The Morgan fingerprint density at radius 1 is 1.16 bits per heavy atom. The van der Waals surface area contributed by atoms with Crippen molar-refractivity contribution >= 4 is 39.9 Å². The van der Waals surface area contributed by atoms with Crippen LogP contribution in [0.4, 0.5) is 11.4 Å². The number of benzene rings is 2. The van der Waals surface area contributed by atoms with Crippen LogP contribution in [0.1, 0.15) is 21.5 Å². The van der Waals surface area contributed by atoms with Crippen molar-refractivity contribution in [2.24, 2.45) is 0 Å². The minimum atomic E-state index is -0.131. The Balaban J connectivity index is 2.31. The van der Waals surface area contributed by atoms with Gasteiger partial charge in [-0.3, -0.25) is 4.79 Å². The molecule has 0 radical (unpaired) electrons. The van der Waals surface area contributed by atoms with E-state index < -0.39 is 0 Å². The molecular weight excluding hydrogens is 351 g/mol. The lowest BCUT2D eigenvalue weighted by Crippen LogP contribution is -2.15. The zero-order valence-electron chi connectivity index (χ0n) is 10.8. The highest BCUT2D eigenvalue weighted by molar-refractivity contribution is 14.1. The first-order chi connectivity index (χ1) is 8.99. The average Bonchev–Trinajstić information content (AvgIpc) is 2.36. The number of amides is 1. The van der Waals surface area contributed by atoms with Crippen LogP contribution in [0.2, 0.25) is 0 Å². The van der Waals surface area contributed by atoms with Gasteiger partial charge in [0.25, 0.3) is 5.91 Å². The van der Waals surface area contributed by atoms with E-state index in [1.165, 1.54) is 0 Å². The molecule has 1 amide bonds. The minimum absolute atomic E-state index is 0.131. The van der Waals surface area contributed by atoms with Crippen molar-refractivity contribution in [1.29, 1.82) is 0 Å². The number of hydrogen-bond acceptors (Lipinski definition) is 2. The fraction of sp³-hybridized carbons (Fsp3) is 0.133. The predicted octanol–water partition coefficient (Wildman–Crippen LogP) is 3.74. The fourth-order valence-corrected chi connectivity index (χ4v) is 2.39. The maximum atomic E-state index is 12.3. The lowest BCUT2D eigenvalue weighted by Gasteiger charge is -2.11. The van der Waals surface area contributed by atoms with Crippen LogP contribution in [0.15, 0.2) is 36.4 Å². The second-order valence-electron chi connectivity index (χ2n) is 4.46. The molecule has 3 nitrogen and oxygen atoms in total. The molecule has 3 N–H and O–H groups in total.